The number of hydrogen-bond acceptors (Lipinski definition) is 8. The van der Waals surface area contributed by atoms with E-state index in [1.807, 2.05) is 25.3 Å². The number of rotatable bonds is 9. The highest BCUT2D eigenvalue weighted by Crippen LogP contribution is 2.38. The number of aromatic nitrogens is 4. The van der Waals surface area contributed by atoms with E-state index < -0.39 is 0 Å². The number of hydrogen-bond donors (Lipinski definition) is 2. The van der Waals surface area contributed by atoms with E-state index in [1.165, 1.54) is 21.3 Å². The van der Waals surface area contributed by atoms with Gasteiger partial charge in [0.25, 0.3) is 5.91 Å². The lowest BCUT2D eigenvalue weighted by molar-refractivity contribution is 0.0954. The minimum atomic E-state index is -0.258. The Labute approximate surface area is 174 Å². The van der Waals surface area contributed by atoms with E-state index in [9.17, 15) is 4.79 Å². The molecule has 1 aromatic carbocycles. The molecule has 0 atom stereocenters. The van der Waals surface area contributed by atoms with Crippen LogP contribution in [0.3, 0.4) is 0 Å². The number of benzene rings is 1. The van der Waals surface area contributed by atoms with Crippen molar-refractivity contribution < 1.29 is 19.0 Å². The molecule has 0 aliphatic rings. The lowest BCUT2D eigenvalue weighted by atomic mass is 10.1. The Morgan fingerprint density at radius 3 is 2.27 bits per heavy atom. The first-order valence-electron chi connectivity index (χ1n) is 9.24. The maximum atomic E-state index is 12.5. The number of nitrogens with one attached hydrogen (secondary N) is 2. The fraction of sp³-hybridized carbons (Fsp3) is 0.300. The van der Waals surface area contributed by atoms with E-state index in [0.717, 1.165) is 5.69 Å². The van der Waals surface area contributed by atoms with Gasteiger partial charge in [0.15, 0.2) is 17.3 Å². The molecule has 10 nitrogen and oxygen atoms in total. The number of carbonyl (C=O) groups is 1. The van der Waals surface area contributed by atoms with Crippen molar-refractivity contribution in [2.24, 2.45) is 0 Å². The molecular formula is C20H24N6O4. The van der Waals surface area contributed by atoms with Gasteiger partial charge < -0.3 is 24.8 Å². The Balaban J connectivity index is 1.53. The van der Waals surface area contributed by atoms with Crippen LogP contribution < -0.4 is 24.8 Å². The lowest BCUT2D eigenvalue weighted by Crippen LogP contribution is -2.29. The summed E-state index contributed by atoms with van der Waals surface area (Å²) in [5, 5.41) is 18.5. The number of aryl methyl sites for hydroxylation is 1. The summed E-state index contributed by atoms with van der Waals surface area (Å²) in [6, 6.07) is 8.72. The van der Waals surface area contributed by atoms with Gasteiger partial charge in [-0.15, -0.1) is 10.2 Å². The first-order chi connectivity index (χ1) is 14.5. The van der Waals surface area contributed by atoms with Crippen molar-refractivity contribution >= 4 is 11.7 Å². The summed E-state index contributed by atoms with van der Waals surface area (Å²) in [5.41, 5.74) is 1.31. The molecule has 158 valence electrons. The molecule has 0 bridgehead atoms. The number of methoxy groups -OCH3 is 3. The molecule has 2 heterocycles. The summed E-state index contributed by atoms with van der Waals surface area (Å²) < 4.78 is 17.5. The van der Waals surface area contributed by atoms with Gasteiger partial charge in [-0.3, -0.25) is 4.79 Å². The third-order valence-corrected chi connectivity index (χ3v) is 4.25. The van der Waals surface area contributed by atoms with Crippen LogP contribution in [0.2, 0.25) is 0 Å². The number of nitrogens with zero attached hydrogens (tertiary/aromatic N) is 4. The Morgan fingerprint density at radius 2 is 1.73 bits per heavy atom. The van der Waals surface area contributed by atoms with Crippen LogP contribution in [0, 0.1) is 6.92 Å². The molecule has 2 N–H and O–H groups in total. The van der Waals surface area contributed by atoms with Crippen molar-refractivity contribution in [2.45, 2.75) is 6.92 Å². The molecule has 0 aliphatic heterocycles. The van der Waals surface area contributed by atoms with Gasteiger partial charge in [-0.1, -0.05) is 0 Å². The van der Waals surface area contributed by atoms with Crippen molar-refractivity contribution in [3.8, 4) is 23.1 Å². The SMILES string of the molecule is COc1cc(C(=O)NCCNc2ccc(-n3ccc(C)n3)nn2)cc(OC)c1OC. The quantitative estimate of drug-likeness (QED) is 0.512. The monoisotopic (exact) mass is 412 g/mol. The second kappa shape index (κ2) is 9.59. The van der Waals surface area contributed by atoms with Gasteiger partial charge in [0.05, 0.1) is 27.0 Å². The van der Waals surface area contributed by atoms with Gasteiger partial charge in [-0.25, -0.2) is 4.68 Å². The molecule has 1 amide bonds. The summed E-state index contributed by atoms with van der Waals surface area (Å²) in [7, 11) is 4.52. The molecule has 0 fully saturated rings. The zero-order valence-electron chi connectivity index (χ0n) is 17.3. The van der Waals surface area contributed by atoms with Gasteiger partial charge in [0, 0.05) is 24.8 Å². The molecule has 0 radical (unpaired) electrons. The summed E-state index contributed by atoms with van der Waals surface area (Å²) in [6.45, 7) is 2.77. The molecule has 10 heteroatoms. The molecule has 3 aromatic rings. The fourth-order valence-electron chi connectivity index (χ4n) is 2.77. The molecule has 3 rings (SSSR count). The van der Waals surface area contributed by atoms with E-state index in [4.69, 9.17) is 14.2 Å². The van der Waals surface area contributed by atoms with Crippen molar-refractivity contribution in [3.63, 3.8) is 0 Å². The molecule has 30 heavy (non-hydrogen) atoms. The Hall–Kier alpha value is -3.82. The van der Waals surface area contributed by atoms with E-state index >= 15 is 0 Å². The smallest absolute Gasteiger partial charge is 0.251 e. The lowest BCUT2D eigenvalue weighted by Gasteiger charge is -2.14. The van der Waals surface area contributed by atoms with Crippen LogP contribution in [-0.4, -0.2) is 60.3 Å². The number of ether oxygens (including phenoxy) is 3. The Kier molecular flexibility index (Phi) is 6.68. The first-order valence-corrected chi connectivity index (χ1v) is 9.24. The van der Waals surface area contributed by atoms with Gasteiger partial charge in [0.1, 0.15) is 5.82 Å². The minimum absolute atomic E-state index is 0.258. The fourth-order valence-corrected chi connectivity index (χ4v) is 2.77. The molecule has 0 aliphatic carbocycles. The van der Waals surface area contributed by atoms with Crippen LogP contribution in [0.4, 0.5) is 5.82 Å². The highest BCUT2D eigenvalue weighted by atomic mass is 16.5. The summed E-state index contributed by atoms with van der Waals surface area (Å²) in [4.78, 5) is 12.5. The highest BCUT2D eigenvalue weighted by molar-refractivity contribution is 5.95. The maximum Gasteiger partial charge on any atom is 0.251 e. The molecule has 0 saturated heterocycles. The van der Waals surface area contributed by atoms with Gasteiger partial charge >= 0.3 is 0 Å². The topological polar surface area (TPSA) is 112 Å². The van der Waals surface area contributed by atoms with E-state index in [1.54, 1.807) is 22.9 Å². The predicted octanol–water partition coefficient (Wildman–Crippen LogP) is 1.84. The van der Waals surface area contributed by atoms with Crippen LogP contribution in [-0.2, 0) is 0 Å². The Morgan fingerprint density at radius 1 is 1.00 bits per heavy atom. The van der Waals surface area contributed by atoms with Crippen LogP contribution in [0.25, 0.3) is 5.82 Å². The zero-order valence-corrected chi connectivity index (χ0v) is 17.3. The highest BCUT2D eigenvalue weighted by Gasteiger charge is 2.16. The van der Waals surface area contributed by atoms with Crippen molar-refractivity contribution in [2.75, 3.05) is 39.7 Å². The third kappa shape index (κ3) is 4.77. The van der Waals surface area contributed by atoms with Crippen molar-refractivity contribution in [1.29, 1.82) is 0 Å². The maximum absolute atomic E-state index is 12.5. The number of carbonyl (C=O) groups excluding carboxylic acids is 1. The summed E-state index contributed by atoms with van der Waals surface area (Å²) in [5.74, 6) is 2.25. The van der Waals surface area contributed by atoms with Crippen LogP contribution >= 0.6 is 0 Å². The average molecular weight is 412 g/mol. The zero-order chi connectivity index (χ0) is 21.5. The first kappa shape index (κ1) is 20.9. The van der Waals surface area contributed by atoms with Crippen LogP contribution in [0.1, 0.15) is 16.1 Å². The van der Waals surface area contributed by atoms with Gasteiger partial charge in [0.2, 0.25) is 5.75 Å². The van der Waals surface area contributed by atoms with E-state index in [2.05, 4.69) is 25.9 Å². The Bertz CT molecular complexity index is 978. The molecule has 2 aromatic heterocycles. The second-order valence-corrected chi connectivity index (χ2v) is 6.28. The molecule has 0 saturated carbocycles. The van der Waals surface area contributed by atoms with E-state index in [-0.39, 0.29) is 5.91 Å². The van der Waals surface area contributed by atoms with Crippen LogP contribution in [0.15, 0.2) is 36.5 Å². The number of anilines is 1. The van der Waals surface area contributed by atoms with Gasteiger partial charge in [-0.05, 0) is 37.3 Å². The summed E-state index contributed by atoms with van der Waals surface area (Å²) >= 11 is 0. The van der Waals surface area contributed by atoms with Crippen molar-refractivity contribution in [3.05, 3.63) is 47.8 Å². The van der Waals surface area contributed by atoms with Crippen molar-refractivity contribution in [1.82, 2.24) is 25.3 Å². The molecule has 0 spiro atoms. The van der Waals surface area contributed by atoms with Gasteiger partial charge in [-0.2, -0.15) is 5.10 Å². The molecule has 0 unspecified atom stereocenters. The average Bonchev–Trinajstić information content (AvgIpc) is 3.22. The van der Waals surface area contributed by atoms with E-state index in [0.29, 0.717) is 47.5 Å². The minimum Gasteiger partial charge on any atom is -0.493 e. The normalized spacial score (nSPS) is 10.4. The molecular weight excluding hydrogens is 388 g/mol. The standard InChI is InChI=1S/C20H24N6O4/c1-13-7-10-26(25-13)18-6-5-17(23-24-18)21-8-9-22-20(27)14-11-15(28-2)19(30-4)16(12-14)29-3/h5-7,10-12H,8-9H2,1-4H3,(H,21,23)(H,22,27). The third-order valence-electron chi connectivity index (χ3n) is 4.25. The predicted molar refractivity (Wildman–Crippen MR) is 111 cm³/mol. The number of amides is 1. The van der Waals surface area contributed by atoms with Crippen LogP contribution in [0.5, 0.6) is 17.2 Å². The summed E-state index contributed by atoms with van der Waals surface area (Å²) in [6.07, 6.45) is 1.82. The second-order valence-electron chi connectivity index (χ2n) is 6.28. The largest absolute Gasteiger partial charge is 0.493 e.